The Kier molecular flexibility index (Phi) is 2.98. The van der Waals surface area contributed by atoms with Crippen LogP contribution < -0.4 is 10.6 Å². The van der Waals surface area contributed by atoms with E-state index < -0.39 is 0 Å². The highest BCUT2D eigenvalue weighted by molar-refractivity contribution is 7.16. The lowest BCUT2D eigenvalue weighted by Crippen LogP contribution is -2.18. The average molecular weight is 313 g/mol. The van der Waals surface area contributed by atoms with Crippen molar-refractivity contribution >= 4 is 38.8 Å². The van der Waals surface area contributed by atoms with Crippen LogP contribution in [0.2, 0.25) is 0 Å². The molecule has 0 unspecified atom stereocenters. The fourth-order valence-corrected chi connectivity index (χ4v) is 4.01. The van der Waals surface area contributed by atoms with E-state index in [2.05, 4.69) is 27.8 Å². The first-order chi connectivity index (χ1) is 10.3. The van der Waals surface area contributed by atoms with Gasteiger partial charge in [0.25, 0.3) is 0 Å². The Hall–Kier alpha value is -2.18. The first-order valence-corrected chi connectivity index (χ1v) is 8.19. The van der Waals surface area contributed by atoms with Gasteiger partial charge in [-0.25, -0.2) is 9.78 Å². The van der Waals surface area contributed by atoms with Crippen LogP contribution in [0.4, 0.5) is 14.9 Å². The Balaban J connectivity index is 1.53. The molecule has 1 aromatic carbocycles. The van der Waals surface area contributed by atoms with Crippen LogP contribution >= 0.6 is 22.7 Å². The van der Waals surface area contributed by atoms with Gasteiger partial charge in [0.1, 0.15) is 0 Å². The second kappa shape index (κ2) is 4.98. The molecule has 2 N–H and O–H groups in total. The minimum Gasteiger partial charge on any atom is -0.299 e. The summed E-state index contributed by atoms with van der Waals surface area (Å²) in [7, 11) is 0. The van der Waals surface area contributed by atoms with E-state index in [4.69, 9.17) is 0 Å². The van der Waals surface area contributed by atoms with Gasteiger partial charge in [-0.2, -0.15) is 0 Å². The maximum Gasteiger partial charge on any atom is 0.326 e. The highest BCUT2D eigenvalue weighted by atomic mass is 32.1. The number of thiophene rings is 1. The number of carbonyl (C=O) groups excluding carboxylic acids is 1. The molecule has 2 heterocycles. The number of hydrogen-bond donors (Lipinski definition) is 2. The summed E-state index contributed by atoms with van der Waals surface area (Å²) in [5.41, 5.74) is 3.48. The molecule has 2 aromatic heterocycles. The summed E-state index contributed by atoms with van der Waals surface area (Å²) in [5.74, 6) is 0. The lowest BCUT2D eigenvalue weighted by atomic mass is 10.1. The molecule has 0 radical (unpaired) electrons. The van der Waals surface area contributed by atoms with E-state index in [9.17, 15) is 4.79 Å². The number of hydrogen-bond acceptors (Lipinski definition) is 4. The Morgan fingerprint density at radius 2 is 2.05 bits per heavy atom. The molecule has 1 aliphatic carbocycles. The molecule has 2 amide bonds. The normalized spacial score (nSPS) is 11.8. The van der Waals surface area contributed by atoms with Crippen molar-refractivity contribution in [2.24, 2.45) is 0 Å². The number of aromatic nitrogens is 1. The largest absolute Gasteiger partial charge is 0.326 e. The number of nitrogens with one attached hydrogen (secondary N) is 2. The summed E-state index contributed by atoms with van der Waals surface area (Å²) in [5, 5.41) is 8.98. The molecule has 4 rings (SSSR count). The van der Waals surface area contributed by atoms with E-state index >= 15 is 0 Å². The van der Waals surface area contributed by atoms with Gasteiger partial charge in [-0.1, -0.05) is 24.3 Å². The van der Waals surface area contributed by atoms with E-state index in [-0.39, 0.29) is 6.03 Å². The van der Waals surface area contributed by atoms with Gasteiger partial charge in [-0.3, -0.25) is 10.6 Å². The second-order valence-electron chi connectivity index (χ2n) is 4.68. The van der Waals surface area contributed by atoms with Crippen molar-refractivity contribution in [2.75, 3.05) is 10.6 Å². The molecule has 0 spiro atoms. The molecular weight excluding hydrogens is 302 g/mol. The van der Waals surface area contributed by atoms with Gasteiger partial charge < -0.3 is 0 Å². The average Bonchev–Trinajstić information content (AvgIpc) is 3.14. The van der Waals surface area contributed by atoms with Gasteiger partial charge in [0.2, 0.25) is 0 Å². The van der Waals surface area contributed by atoms with E-state index in [0.717, 1.165) is 17.1 Å². The number of amides is 2. The van der Waals surface area contributed by atoms with Crippen LogP contribution in [0.25, 0.3) is 11.3 Å². The quantitative estimate of drug-likeness (QED) is 0.575. The third kappa shape index (κ3) is 2.32. The minimum absolute atomic E-state index is 0.252. The third-order valence-corrected chi connectivity index (χ3v) is 5.06. The number of benzene rings is 1. The molecule has 104 valence electrons. The van der Waals surface area contributed by atoms with E-state index in [1.165, 1.54) is 38.7 Å². The molecule has 0 atom stereocenters. The molecule has 0 saturated carbocycles. The molecule has 0 aliphatic heterocycles. The molecule has 0 fully saturated rings. The van der Waals surface area contributed by atoms with Crippen molar-refractivity contribution < 1.29 is 4.79 Å². The topological polar surface area (TPSA) is 54.0 Å². The maximum absolute atomic E-state index is 11.9. The number of anilines is 2. The maximum atomic E-state index is 11.9. The van der Waals surface area contributed by atoms with Crippen LogP contribution in [0.3, 0.4) is 0 Å². The molecule has 21 heavy (non-hydrogen) atoms. The molecule has 0 bridgehead atoms. The Bertz CT molecular complexity index is 808. The zero-order chi connectivity index (χ0) is 14.2. The van der Waals surface area contributed by atoms with Crippen LogP contribution in [0, 0.1) is 0 Å². The number of nitrogens with zero attached hydrogens (tertiary/aromatic N) is 1. The van der Waals surface area contributed by atoms with E-state index in [1.807, 2.05) is 29.6 Å². The van der Waals surface area contributed by atoms with Crippen LogP contribution in [0.5, 0.6) is 0 Å². The molecule has 0 saturated heterocycles. The van der Waals surface area contributed by atoms with Gasteiger partial charge >= 0.3 is 6.03 Å². The van der Waals surface area contributed by atoms with Crippen LogP contribution in [0.1, 0.15) is 10.4 Å². The Morgan fingerprint density at radius 3 is 2.90 bits per heavy atom. The van der Waals surface area contributed by atoms with Crippen molar-refractivity contribution in [2.45, 2.75) is 6.42 Å². The first kappa shape index (κ1) is 12.6. The summed E-state index contributed by atoms with van der Waals surface area (Å²) in [4.78, 5) is 17.7. The lowest BCUT2D eigenvalue weighted by molar-refractivity contribution is 0.262. The first-order valence-electron chi connectivity index (χ1n) is 6.49. The van der Waals surface area contributed by atoms with Crippen LogP contribution in [-0.4, -0.2) is 11.0 Å². The minimum atomic E-state index is -0.252. The summed E-state index contributed by atoms with van der Waals surface area (Å²) in [6.07, 6.45) is 0.900. The molecule has 3 aromatic rings. The second-order valence-corrected chi connectivity index (χ2v) is 6.71. The molecule has 1 aliphatic rings. The summed E-state index contributed by atoms with van der Waals surface area (Å²) in [6.45, 7) is 0. The SMILES string of the molecule is O=C(Nc1cccs1)Nc1nc2c(s1)Cc1ccccc1-2. The number of thiazole rings is 1. The number of carbonyl (C=O) groups is 1. The summed E-state index contributed by atoms with van der Waals surface area (Å²) < 4.78 is 0. The summed E-state index contributed by atoms with van der Waals surface area (Å²) in [6, 6.07) is 11.8. The predicted molar refractivity (Wildman–Crippen MR) is 87.3 cm³/mol. The van der Waals surface area contributed by atoms with Crippen molar-refractivity contribution in [3.8, 4) is 11.3 Å². The van der Waals surface area contributed by atoms with Gasteiger partial charge in [0.05, 0.1) is 10.7 Å². The Morgan fingerprint density at radius 1 is 1.14 bits per heavy atom. The van der Waals surface area contributed by atoms with Crippen molar-refractivity contribution in [3.05, 3.63) is 52.2 Å². The fourth-order valence-electron chi connectivity index (χ4n) is 2.40. The molecule has 4 nitrogen and oxygen atoms in total. The van der Waals surface area contributed by atoms with E-state index in [1.54, 1.807) is 0 Å². The number of rotatable bonds is 2. The van der Waals surface area contributed by atoms with Crippen LogP contribution in [0.15, 0.2) is 41.8 Å². The molecule has 6 heteroatoms. The van der Waals surface area contributed by atoms with Crippen molar-refractivity contribution in [1.29, 1.82) is 0 Å². The predicted octanol–water partition coefficient (Wildman–Crippen LogP) is 4.42. The number of fused-ring (bicyclic) bond motifs is 3. The third-order valence-electron chi connectivity index (χ3n) is 3.30. The zero-order valence-electron chi connectivity index (χ0n) is 10.9. The highest BCUT2D eigenvalue weighted by Crippen LogP contribution is 2.40. The van der Waals surface area contributed by atoms with Crippen molar-refractivity contribution in [3.63, 3.8) is 0 Å². The van der Waals surface area contributed by atoms with Gasteiger partial charge in [0.15, 0.2) is 5.13 Å². The van der Waals surface area contributed by atoms with Gasteiger partial charge in [-0.05, 0) is 23.1 Å². The lowest BCUT2D eigenvalue weighted by Gasteiger charge is -2.02. The van der Waals surface area contributed by atoms with E-state index in [0.29, 0.717) is 5.13 Å². The van der Waals surface area contributed by atoms with Gasteiger partial charge in [0, 0.05) is 16.9 Å². The highest BCUT2D eigenvalue weighted by Gasteiger charge is 2.23. The molecular formula is C15H11N3OS2. The van der Waals surface area contributed by atoms with Crippen LogP contribution in [-0.2, 0) is 6.42 Å². The Labute approximate surface area is 129 Å². The summed E-state index contributed by atoms with van der Waals surface area (Å²) >= 11 is 3.03. The zero-order valence-corrected chi connectivity index (χ0v) is 12.6. The standard InChI is InChI=1S/C15H11N3OS2/c19-14(16-12-6-3-7-20-12)18-15-17-13-10-5-2-1-4-9(10)8-11(13)21-15/h1-7H,8H2,(H2,16,17,18,19). The number of urea groups is 1. The smallest absolute Gasteiger partial charge is 0.299 e. The van der Waals surface area contributed by atoms with Gasteiger partial charge in [-0.15, -0.1) is 22.7 Å². The fraction of sp³-hybridized carbons (Fsp3) is 0.0667. The van der Waals surface area contributed by atoms with Crippen molar-refractivity contribution in [1.82, 2.24) is 4.98 Å². The monoisotopic (exact) mass is 313 g/mol.